The minimum atomic E-state index is -1.69. The van der Waals surface area contributed by atoms with Gasteiger partial charge in [-0.25, -0.2) is 9.59 Å². The molecule has 2 aromatic carbocycles. The summed E-state index contributed by atoms with van der Waals surface area (Å²) in [4.78, 5) is 20.7. The molecule has 0 fully saturated rings. The van der Waals surface area contributed by atoms with E-state index in [0.717, 1.165) is 24.3 Å². The van der Waals surface area contributed by atoms with E-state index in [-0.39, 0.29) is 22.6 Å². The molecule has 0 saturated carbocycles. The minimum Gasteiger partial charge on any atom is -0.504 e. The molecule has 26 heavy (non-hydrogen) atoms. The van der Waals surface area contributed by atoms with Crippen LogP contribution >= 0.6 is 0 Å². The SMILES string of the molecule is COc1c(O)cc(C(=O)O)cc1O.O=C(O)C(O)c1ccc(O)c(O)c1. The van der Waals surface area contributed by atoms with Gasteiger partial charge in [0.2, 0.25) is 5.75 Å². The lowest BCUT2D eigenvalue weighted by Crippen LogP contribution is -2.09. The number of aliphatic hydroxyl groups excluding tert-OH is 1. The van der Waals surface area contributed by atoms with Gasteiger partial charge in [0.15, 0.2) is 29.1 Å². The number of rotatable bonds is 4. The van der Waals surface area contributed by atoms with Gasteiger partial charge >= 0.3 is 11.9 Å². The average molecular weight is 368 g/mol. The van der Waals surface area contributed by atoms with E-state index < -0.39 is 35.3 Å². The molecule has 0 amide bonds. The zero-order valence-corrected chi connectivity index (χ0v) is 13.3. The molecule has 1 unspecified atom stereocenters. The van der Waals surface area contributed by atoms with Gasteiger partial charge in [-0.15, -0.1) is 0 Å². The molecule has 140 valence electrons. The minimum absolute atomic E-state index is 0.0165. The first kappa shape index (κ1) is 20.4. The van der Waals surface area contributed by atoms with Gasteiger partial charge in [-0.05, 0) is 29.8 Å². The van der Waals surface area contributed by atoms with E-state index in [2.05, 4.69) is 4.74 Å². The summed E-state index contributed by atoms with van der Waals surface area (Å²) in [5, 5.41) is 62.2. The number of phenols is 4. The predicted molar refractivity (Wildman–Crippen MR) is 85.7 cm³/mol. The number of hydrogen-bond donors (Lipinski definition) is 7. The fraction of sp³-hybridized carbons (Fsp3) is 0.125. The molecule has 0 radical (unpaired) electrons. The normalized spacial score (nSPS) is 11.0. The number of aromatic hydroxyl groups is 4. The van der Waals surface area contributed by atoms with Crippen LogP contribution in [0.15, 0.2) is 30.3 Å². The van der Waals surface area contributed by atoms with Crippen molar-refractivity contribution in [2.75, 3.05) is 7.11 Å². The van der Waals surface area contributed by atoms with E-state index in [1.165, 1.54) is 13.2 Å². The zero-order chi connectivity index (χ0) is 20.0. The standard InChI is InChI=1S/2C8H8O5/c1-13-7-5(9)2-4(8(11)12)3-6(7)10;9-5-2-1-4(3-6(5)10)7(11)8(12)13/h2-3,9-10H,1H3,(H,11,12);1-3,7,9-11H,(H,12,13). The zero-order valence-electron chi connectivity index (χ0n) is 13.3. The van der Waals surface area contributed by atoms with Gasteiger partial charge in [0.05, 0.1) is 12.7 Å². The van der Waals surface area contributed by atoms with Crippen LogP contribution in [-0.4, -0.2) is 54.8 Å². The molecule has 0 aromatic heterocycles. The number of methoxy groups -OCH3 is 1. The number of ether oxygens (including phenoxy) is 1. The second kappa shape index (κ2) is 8.44. The Kier molecular flexibility index (Phi) is 6.62. The number of aliphatic carboxylic acids is 1. The van der Waals surface area contributed by atoms with E-state index in [1.807, 2.05) is 0 Å². The molecule has 1 atom stereocenters. The van der Waals surface area contributed by atoms with Crippen LogP contribution in [-0.2, 0) is 4.79 Å². The number of benzene rings is 2. The Hall–Kier alpha value is -3.66. The molecular weight excluding hydrogens is 352 g/mol. The Labute approximate surface area is 146 Å². The van der Waals surface area contributed by atoms with Gasteiger partial charge in [0.25, 0.3) is 0 Å². The lowest BCUT2D eigenvalue weighted by atomic mass is 10.1. The fourth-order valence-corrected chi connectivity index (χ4v) is 1.78. The molecule has 2 aromatic rings. The maximum absolute atomic E-state index is 10.4. The highest BCUT2D eigenvalue weighted by atomic mass is 16.5. The second-order valence-corrected chi connectivity index (χ2v) is 4.84. The maximum atomic E-state index is 10.4. The van der Waals surface area contributed by atoms with Gasteiger partial charge in [0, 0.05) is 0 Å². The highest BCUT2D eigenvalue weighted by Gasteiger charge is 2.17. The Morgan fingerprint density at radius 1 is 0.885 bits per heavy atom. The molecule has 0 aliphatic rings. The van der Waals surface area contributed by atoms with Crippen molar-refractivity contribution >= 4 is 11.9 Å². The molecule has 0 saturated heterocycles. The van der Waals surface area contributed by atoms with Crippen molar-refractivity contribution in [2.45, 2.75) is 6.10 Å². The summed E-state index contributed by atoms with van der Waals surface area (Å²) >= 11 is 0. The first-order chi connectivity index (χ1) is 12.1. The van der Waals surface area contributed by atoms with Crippen LogP contribution in [0, 0.1) is 0 Å². The number of carbonyl (C=O) groups is 2. The third-order valence-corrected chi connectivity index (χ3v) is 3.05. The topological polar surface area (TPSA) is 185 Å². The van der Waals surface area contributed by atoms with Crippen molar-refractivity contribution in [3.63, 3.8) is 0 Å². The average Bonchev–Trinajstić information content (AvgIpc) is 2.56. The molecule has 0 aliphatic heterocycles. The molecule has 10 heteroatoms. The summed E-state index contributed by atoms with van der Waals surface area (Å²) in [5.74, 6) is -4.40. The largest absolute Gasteiger partial charge is 0.504 e. The Balaban J connectivity index is 0.000000260. The number of carboxylic acids is 2. The first-order valence-electron chi connectivity index (χ1n) is 6.84. The van der Waals surface area contributed by atoms with Crippen molar-refractivity contribution in [2.24, 2.45) is 0 Å². The number of aliphatic hydroxyl groups is 1. The van der Waals surface area contributed by atoms with Crippen LogP contribution in [0.25, 0.3) is 0 Å². The number of carboxylic acid groups (broad SMARTS) is 2. The monoisotopic (exact) mass is 368 g/mol. The molecular formula is C16H16O10. The molecule has 7 N–H and O–H groups in total. The van der Waals surface area contributed by atoms with Crippen LogP contribution in [0.2, 0.25) is 0 Å². The first-order valence-corrected chi connectivity index (χ1v) is 6.84. The Bertz CT molecular complexity index is 792. The quantitative estimate of drug-likeness (QED) is 0.384. The molecule has 0 spiro atoms. The lowest BCUT2D eigenvalue weighted by molar-refractivity contribution is -0.146. The summed E-state index contributed by atoms with van der Waals surface area (Å²) in [5.41, 5.74) is -0.182. The van der Waals surface area contributed by atoms with Crippen molar-refractivity contribution in [3.05, 3.63) is 41.5 Å². The summed E-state index contributed by atoms with van der Waals surface area (Å²) in [7, 11) is 1.26. The van der Waals surface area contributed by atoms with Gasteiger partial charge in [0.1, 0.15) is 0 Å². The Morgan fingerprint density at radius 3 is 1.81 bits per heavy atom. The Morgan fingerprint density at radius 2 is 1.42 bits per heavy atom. The molecule has 10 nitrogen and oxygen atoms in total. The third-order valence-electron chi connectivity index (χ3n) is 3.05. The maximum Gasteiger partial charge on any atom is 0.337 e. The van der Waals surface area contributed by atoms with Gasteiger partial charge < -0.3 is 40.5 Å². The van der Waals surface area contributed by atoms with E-state index >= 15 is 0 Å². The molecule has 2 rings (SSSR count). The molecule has 0 bridgehead atoms. The van der Waals surface area contributed by atoms with Crippen molar-refractivity contribution in [3.8, 4) is 28.7 Å². The predicted octanol–water partition coefficient (Wildman–Crippen LogP) is 1.02. The number of hydrogen-bond acceptors (Lipinski definition) is 8. The highest BCUT2D eigenvalue weighted by Crippen LogP contribution is 2.36. The van der Waals surface area contributed by atoms with E-state index in [1.54, 1.807) is 0 Å². The number of phenolic OH excluding ortho intramolecular Hbond substituents is 4. The van der Waals surface area contributed by atoms with Crippen LogP contribution in [0.4, 0.5) is 0 Å². The highest BCUT2D eigenvalue weighted by molar-refractivity contribution is 5.89. The van der Waals surface area contributed by atoms with Gasteiger partial charge in [-0.1, -0.05) is 6.07 Å². The van der Waals surface area contributed by atoms with Crippen LogP contribution in [0.3, 0.4) is 0 Å². The van der Waals surface area contributed by atoms with Crippen molar-refractivity contribution in [1.82, 2.24) is 0 Å². The second-order valence-electron chi connectivity index (χ2n) is 4.84. The summed E-state index contributed by atoms with van der Waals surface area (Å²) in [6.45, 7) is 0. The smallest absolute Gasteiger partial charge is 0.337 e. The summed E-state index contributed by atoms with van der Waals surface area (Å²) < 4.78 is 4.62. The van der Waals surface area contributed by atoms with Crippen molar-refractivity contribution in [1.29, 1.82) is 0 Å². The van der Waals surface area contributed by atoms with Crippen LogP contribution < -0.4 is 4.74 Å². The lowest BCUT2D eigenvalue weighted by Gasteiger charge is -2.06. The van der Waals surface area contributed by atoms with Crippen LogP contribution in [0.5, 0.6) is 28.7 Å². The van der Waals surface area contributed by atoms with E-state index in [0.29, 0.717) is 0 Å². The molecule has 0 aliphatic carbocycles. The summed E-state index contributed by atoms with van der Waals surface area (Å²) in [6.07, 6.45) is -1.69. The number of aromatic carboxylic acids is 1. The van der Waals surface area contributed by atoms with Gasteiger partial charge in [-0.2, -0.15) is 0 Å². The third kappa shape index (κ3) is 4.92. The van der Waals surface area contributed by atoms with Crippen molar-refractivity contribution < 1.29 is 50.1 Å². The summed E-state index contributed by atoms with van der Waals surface area (Å²) in [6, 6.07) is 5.32. The van der Waals surface area contributed by atoms with Gasteiger partial charge in [-0.3, -0.25) is 0 Å². The molecule has 0 heterocycles. The van der Waals surface area contributed by atoms with E-state index in [9.17, 15) is 19.8 Å². The fourth-order valence-electron chi connectivity index (χ4n) is 1.78. The van der Waals surface area contributed by atoms with Crippen LogP contribution in [0.1, 0.15) is 22.0 Å². The van der Waals surface area contributed by atoms with E-state index in [4.69, 9.17) is 25.5 Å².